The number of amides is 1. The molecule has 2 aromatic rings. The van der Waals surface area contributed by atoms with Gasteiger partial charge in [-0.05, 0) is 36.8 Å². The topological polar surface area (TPSA) is 75.8 Å². The van der Waals surface area contributed by atoms with Gasteiger partial charge in [0.05, 0.1) is 7.11 Å². The summed E-state index contributed by atoms with van der Waals surface area (Å²) in [5.41, 5.74) is 8.92. The van der Waals surface area contributed by atoms with Crippen LogP contribution in [0.1, 0.15) is 15.9 Å². The average Bonchev–Trinajstić information content (AvgIpc) is 2.92. The lowest BCUT2D eigenvalue weighted by Crippen LogP contribution is -2.28. The highest BCUT2D eigenvalue weighted by Crippen LogP contribution is 2.34. The summed E-state index contributed by atoms with van der Waals surface area (Å²) in [6, 6.07) is 10.2. The lowest BCUT2D eigenvalue weighted by molar-refractivity contribution is 0.0989. The van der Waals surface area contributed by atoms with E-state index in [1.165, 1.54) is 13.2 Å². The molecule has 5 heteroatoms. The van der Waals surface area contributed by atoms with E-state index in [-0.39, 0.29) is 11.7 Å². The number of methoxy groups -OCH3 is 1. The monoisotopic (exact) mass is 284 g/mol. The van der Waals surface area contributed by atoms with Crippen LogP contribution >= 0.6 is 0 Å². The normalized spacial score (nSPS) is 13.1. The first-order chi connectivity index (χ1) is 10.1. The Balaban J connectivity index is 1.95. The number of phenolic OH excluding ortho intramolecular Hbond substituents is 1. The summed E-state index contributed by atoms with van der Waals surface area (Å²) < 4.78 is 4.99. The predicted molar refractivity (Wildman–Crippen MR) is 80.9 cm³/mol. The van der Waals surface area contributed by atoms with Crippen LogP contribution in [0.3, 0.4) is 0 Å². The van der Waals surface area contributed by atoms with Gasteiger partial charge in [0.2, 0.25) is 0 Å². The van der Waals surface area contributed by atoms with E-state index < -0.39 is 0 Å². The summed E-state index contributed by atoms with van der Waals surface area (Å²) in [6.45, 7) is 0.592. The number of carbonyl (C=O) groups excluding carboxylic acids is 1. The van der Waals surface area contributed by atoms with E-state index in [0.717, 1.165) is 17.7 Å². The van der Waals surface area contributed by atoms with E-state index in [2.05, 4.69) is 0 Å². The third-order valence-corrected chi connectivity index (χ3v) is 3.73. The molecule has 5 nitrogen and oxygen atoms in total. The Kier molecular flexibility index (Phi) is 3.17. The standard InChI is InChI=1S/C16H16N2O3/c1-21-15-6-5-10(9-14(15)19)16(20)18-8-7-11-12(17)3-2-4-13(11)18/h2-6,9,19H,7-8,17H2,1H3. The third kappa shape index (κ3) is 2.16. The SMILES string of the molecule is COc1ccc(C(=O)N2CCc3c(N)cccc32)cc1O. The van der Waals surface area contributed by atoms with Crippen LogP contribution in [-0.4, -0.2) is 24.7 Å². The van der Waals surface area contributed by atoms with Crippen molar-refractivity contribution in [3.63, 3.8) is 0 Å². The summed E-state index contributed by atoms with van der Waals surface area (Å²) in [5, 5.41) is 9.81. The zero-order chi connectivity index (χ0) is 15.0. The van der Waals surface area contributed by atoms with Crippen LogP contribution in [0.2, 0.25) is 0 Å². The number of benzene rings is 2. The van der Waals surface area contributed by atoms with Crippen LogP contribution in [-0.2, 0) is 6.42 Å². The number of phenols is 1. The molecule has 0 aromatic heterocycles. The van der Waals surface area contributed by atoms with Gasteiger partial charge in [0.1, 0.15) is 0 Å². The van der Waals surface area contributed by atoms with E-state index in [1.54, 1.807) is 17.0 Å². The molecule has 1 heterocycles. The first-order valence-electron chi connectivity index (χ1n) is 6.68. The molecule has 2 aromatic carbocycles. The number of hydrogen-bond acceptors (Lipinski definition) is 4. The molecule has 0 bridgehead atoms. The second kappa shape index (κ2) is 5.01. The number of nitrogens with two attached hydrogens (primary N) is 1. The smallest absolute Gasteiger partial charge is 0.258 e. The Morgan fingerprint density at radius 3 is 2.86 bits per heavy atom. The number of rotatable bonds is 2. The van der Waals surface area contributed by atoms with Gasteiger partial charge in [0.15, 0.2) is 11.5 Å². The van der Waals surface area contributed by atoms with Gasteiger partial charge < -0.3 is 20.5 Å². The second-order valence-corrected chi connectivity index (χ2v) is 4.94. The molecule has 0 atom stereocenters. The molecule has 0 saturated carbocycles. The highest BCUT2D eigenvalue weighted by Gasteiger charge is 2.27. The van der Waals surface area contributed by atoms with Gasteiger partial charge in [-0.2, -0.15) is 0 Å². The third-order valence-electron chi connectivity index (χ3n) is 3.73. The van der Waals surface area contributed by atoms with E-state index in [1.807, 2.05) is 18.2 Å². The molecule has 1 amide bonds. The van der Waals surface area contributed by atoms with Crippen molar-refractivity contribution in [3.8, 4) is 11.5 Å². The van der Waals surface area contributed by atoms with Crippen LogP contribution in [0.25, 0.3) is 0 Å². The Hall–Kier alpha value is -2.69. The van der Waals surface area contributed by atoms with Gasteiger partial charge in [-0.15, -0.1) is 0 Å². The maximum atomic E-state index is 12.6. The molecule has 0 aliphatic carbocycles. The summed E-state index contributed by atoms with van der Waals surface area (Å²) in [4.78, 5) is 14.3. The molecule has 21 heavy (non-hydrogen) atoms. The Morgan fingerprint density at radius 2 is 2.14 bits per heavy atom. The second-order valence-electron chi connectivity index (χ2n) is 4.94. The van der Waals surface area contributed by atoms with Crippen molar-refractivity contribution in [2.75, 3.05) is 24.3 Å². The zero-order valence-corrected chi connectivity index (χ0v) is 11.7. The highest BCUT2D eigenvalue weighted by molar-refractivity contribution is 6.08. The number of nitrogens with zero attached hydrogens (tertiary/aromatic N) is 1. The van der Waals surface area contributed by atoms with Gasteiger partial charge in [0.25, 0.3) is 5.91 Å². The molecule has 0 radical (unpaired) electrons. The molecule has 0 unspecified atom stereocenters. The van der Waals surface area contributed by atoms with E-state index in [4.69, 9.17) is 10.5 Å². The molecule has 1 aliphatic heterocycles. The van der Waals surface area contributed by atoms with Crippen molar-refractivity contribution in [2.24, 2.45) is 0 Å². The van der Waals surface area contributed by atoms with Gasteiger partial charge in [-0.25, -0.2) is 0 Å². The minimum absolute atomic E-state index is 0.0460. The minimum Gasteiger partial charge on any atom is -0.504 e. The first-order valence-corrected chi connectivity index (χ1v) is 6.68. The molecular weight excluding hydrogens is 268 g/mol. The Bertz CT molecular complexity index is 713. The molecule has 3 N–H and O–H groups in total. The first kappa shape index (κ1) is 13.3. The van der Waals surface area contributed by atoms with Crippen molar-refractivity contribution in [2.45, 2.75) is 6.42 Å². The number of carbonyl (C=O) groups is 1. The van der Waals surface area contributed by atoms with Crippen LogP contribution in [0.15, 0.2) is 36.4 Å². The van der Waals surface area contributed by atoms with Gasteiger partial charge in [0, 0.05) is 29.0 Å². The van der Waals surface area contributed by atoms with Gasteiger partial charge >= 0.3 is 0 Å². The number of hydrogen-bond donors (Lipinski definition) is 2. The molecule has 0 spiro atoms. The van der Waals surface area contributed by atoms with Crippen molar-refractivity contribution in [1.82, 2.24) is 0 Å². The molecule has 108 valence electrons. The maximum absolute atomic E-state index is 12.6. The van der Waals surface area contributed by atoms with Crippen molar-refractivity contribution in [1.29, 1.82) is 0 Å². The summed E-state index contributed by atoms with van der Waals surface area (Å²) in [6.07, 6.45) is 0.746. The summed E-state index contributed by atoms with van der Waals surface area (Å²) in [7, 11) is 1.47. The van der Waals surface area contributed by atoms with Crippen LogP contribution in [0.4, 0.5) is 11.4 Å². The van der Waals surface area contributed by atoms with Crippen LogP contribution < -0.4 is 15.4 Å². The highest BCUT2D eigenvalue weighted by atomic mass is 16.5. The van der Waals surface area contributed by atoms with Crippen LogP contribution in [0.5, 0.6) is 11.5 Å². The lowest BCUT2D eigenvalue weighted by atomic mass is 10.1. The molecule has 0 fully saturated rings. The number of aromatic hydroxyl groups is 1. The van der Waals surface area contributed by atoms with E-state index in [0.29, 0.717) is 23.5 Å². The molecule has 1 aliphatic rings. The van der Waals surface area contributed by atoms with E-state index in [9.17, 15) is 9.90 Å². The summed E-state index contributed by atoms with van der Waals surface area (Å²) in [5.74, 6) is 0.144. The fraction of sp³-hybridized carbons (Fsp3) is 0.188. The molecular formula is C16H16N2O3. The average molecular weight is 284 g/mol. The fourth-order valence-electron chi connectivity index (χ4n) is 2.65. The van der Waals surface area contributed by atoms with Gasteiger partial charge in [-0.1, -0.05) is 6.07 Å². The van der Waals surface area contributed by atoms with Gasteiger partial charge in [-0.3, -0.25) is 4.79 Å². The number of fused-ring (bicyclic) bond motifs is 1. The van der Waals surface area contributed by atoms with Crippen molar-refractivity contribution in [3.05, 3.63) is 47.5 Å². The largest absolute Gasteiger partial charge is 0.504 e. The quantitative estimate of drug-likeness (QED) is 0.829. The fourth-order valence-corrected chi connectivity index (χ4v) is 2.65. The molecule has 0 saturated heterocycles. The Labute approximate surface area is 122 Å². The van der Waals surface area contributed by atoms with E-state index >= 15 is 0 Å². The molecule has 3 rings (SSSR count). The van der Waals surface area contributed by atoms with Crippen molar-refractivity contribution >= 4 is 17.3 Å². The zero-order valence-electron chi connectivity index (χ0n) is 11.7. The number of ether oxygens (including phenoxy) is 1. The maximum Gasteiger partial charge on any atom is 0.258 e. The Morgan fingerprint density at radius 1 is 1.33 bits per heavy atom. The lowest BCUT2D eigenvalue weighted by Gasteiger charge is -2.18. The predicted octanol–water partition coefficient (Wildman–Crippen LogP) is 2.19. The number of anilines is 2. The van der Waals surface area contributed by atoms with Crippen molar-refractivity contribution < 1.29 is 14.6 Å². The van der Waals surface area contributed by atoms with Crippen LogP contribution in [0, 0.1) is 0 Å². The minimum atomic E-state index is -0.155. The summed E-state index contributed by atoms with van der Waals surface area (Å²) >= 11 is 0. The number of nitrogen functional groups attached to an aromatic ring is 1.